The highest BCUT2D eigenvalue weighted by Crippen LogP contribution is 2.24. The van der Waals surface area contributed by atoms with Gasteiger partial charge in [-0.15, -0.1) is 0 Å². The Morgan fingerprint density at radius 3 is 2.88 bits per heavy atom. The van der Waals surface area contributed by atoms with Crippen LogP contribution in [0.5, 0.6) is 5.75 Å². The molecule has 1 rings (SSSR count). The smallest absolute Gasteiger partial charge is 0.125 e. The van der Waals surface area contributed by atoms with E-state index in [0.717, 1.165) is 22.2 Å². The summed E-state index contributed by atoms with van der Waals surface area (Å²) in [4.78, 5) is 0. The van der Waals surface area contributed by atoms with Crippen LogP contribution in [0.2, 0.25) is 0 Å². The summed E-state index contributed by atoms with van der Waals surface area (Å²) in [7, 11) is 0. The second-order valence-corrected chi connectivity index (χ2v) is 4.75. The number of ether oxygens (including phenoxy) is 1. The van der Waals surface area contributed by atoms with Crippen molar-refractivity contribution in [3.05, 3.63) is 38.8 Å². The lowest BCUT2D eigenvalue weighted by atomic mass is 10.1. The number of hydrogen-bond donors (Lipinski definition) is 1. The first-order chi connectivity index (χ1) is 7.67. The van der Waals surface area contributed by atoms with Crippen molar-refractivity contribution < 1.29 is 4.74 Å². The Kier molecular flexibility index (Phi) is 6.21. The SMILES string of the molecule is NCCc1cc(Br)ccc1OCC(Cl)=CCl. The molecule has 0 amide bonds. The average molecular weight is 325 g/mol. The monoisotopic (exact) mass is 323 g/mol. The summed E-state index contributed by atoms with van der Waals surface area (Å²) >= 11 is 14.6. The quantitative estimate of drug-likeness (QED) is 0.897. The molecule has 0 fully saturated rings. The Morgan fingerprint density at radius 1 is 1.50 bits per heavy atom. The zero-order valence-electron chi connectivity index (χ0n) is 8.55. The van der Waals surface area contributed by atoms with Crippen LogP contribution < -0.4 is 10.5 Å². The first kappa shape index (κ1) is 13.8. The van der Waals surface area contributed by atoms with Crippen LogP contribution >= 0.6 is 39.1 Å². The van der Waals surface area contributed by atoms with Crippen molar-refractivity contribution in [1.82, 2.24) is 0 Å². The fraction of sp³-hybridized carbons (Fsp3) is 0.273. The summed E-state index contributed by atoms with van der Waals surface area (Å²) in [5, 5.41) is 0.461. The molecule has 0 aliphatic heterocycles. The molecule has 0 aliphatic carbocycles. The molecule has 0 saturated carbocycles. The van der Waals surface area contributed by atoms with Gasteiger partial charge in [-0.1, -0.05) is 39.1 Å². The van der Waals surface area contributed by atoms with Gasteiger partial charge in [0.15, 0.2) is 0 Å². The van der Waals surface area contributed by atoms with Gasteiger partial charge >= 0.3 is 0 Å². The molecule has 0 radical (unpaired) electrons. The molecule has 0 spiro atoms. The first-order valence-electron chi connectivity index (χ1n) is 4.73. The van der Waals surface area contributed by atoms with Crippen molar-refractivity contribution in [3.63, 3.8) is 0 Å². The lowest BCUT2D eigenvalue weighted by Crippen LogP contribution is -2.06. The standard InChI is InChI=1S/C11H12BrCl2NO/c12-9-1-2-11(8(5-9)3-4-15)16-7-10(14)6-13/h1-2,5-6H,3-4,7,15H2. The van der Waals surface area contributed by atoms with Gasteiger partial charge in [-0.25, -0.2) is 0 Å². The predicted octanol–water partition coefficient (Wildman–Crippen LogP) is 3.65. The third kappa shape index (κ3) is 4.34. The van der Waals surface area contributed by atoms with Crippen LogP contribution in [0.15, 0.2) is 33.2 Å². The van der Waals surface area contributed by atoms with Crippen LogP contribution in [0.25, 0.3) is 0 Å². The zero-order valence-corrected chi connectivity index (χ0v) is 11.6. The van der Waals surface area contributed by atoms with Crippen LogP contribution in [0.1, 0.15) is 5.56 Å². The van der Waals surface area contributed by atoms with E-state index >= 15 is 0 Å². The maximum Gasteiger partial charge on any atom is 0.125 e. The fourth-order valence-electron chi connectivity index (χ4n) is 1.22. The van der Waals surface area contributed by atoms with Crippen molar-refractivity contribution in [2.45, 2.75) is 6.42 Å². The topological polar surface area (TPSA) is 35.2 Å². The minimum absolute atomic E-state index is 0.268. The van der Waals surface area contributed by atoms with E-state index in [0.29, 0.717) is 11.6 Å². The van der Waals surface area contributed by atoms with Crippen LogP contribution in [-0.2, 0) is 6.42 Å². The third-order valence-corrected chi connectivity index (χ3v) is 3.01. The molecule has 5 heteroatoms. The Hall–Kier alpha value is -0.220. The van der Waals surface area contributed by atoms with Gasteiger partial charge < -0.3 is 10.5 Å². The summed E-state index contributed by atoms with van der Waals surface area (Å²) < 4.78 is 6.54. The highest BCUT2D eigenvalue weighted by atomic mass is 79.9. The summed E-state index contributed by atoms with van der Waals surface area (Å²) in [6.45, 7) is 0.843. The van der Waals surface area contributed by atoms with E-state index in [2.05, 4.69) is 15.9 Å². The van der Waals surface area contributed by atoms with Crippen LogP contribution in [-0.4, -0.2) is 13.2 Å². The summed E-state index contributed by atoms with van der Waals surface area (Å²) in [5.41, 5.74) is 7.88. The van der Waals surface area contributed by atoms with E-state index in [4.69, 9.17) is 33.7 Å². The number of halogens is 3. The van der Waals surface area contributed by atoms with Crippen molar-refractivity contribution in [3.8, 4) is 5.75 Å². The van der Waals surface area contributed by atoms with Gasteiger partial charge in [0, 0.05) is 10.0 Å². The van der Waals surface area contributed by atoms with Crippen LogP contribution in [0.3, 0.4) is 0 Å². The minimum atomic E-state index is 0.268. The third-order valence-electron chi connectivity index (χ3n) is 1.92. The molecular formula is C11H12BrCl2NO. The van der Waals surface area contributed by atoms with Crippen LogP contribution in [0.4, 0.5) is 0 Å². The molecule has 16 heavy (non-hydrogen) atoms. The van der Waals surface area contributed by atoms with Crippen LogP contribution in [0, 0.1) is 0 Å². The maximum absolute atomic E-state index is 5.75. The van der Waals surface area contributed by atoms with Crippen molar-refractivity contribution in [1.29, 1.82) is 0 Å². The highest BCUT2D eigenvalue weighted by Gasteiger charge is 2.04. The van der Waals surface area contributed by atoms with E-state index < -0.39 is 0 Å². The Labute approximate surface area is 113 Å². The molecule has 0 saturated heterocycles. The molecule has 0 atom stereocenters. The van der Waals surface area contributed by atoms with Crippen molar-refractivity contribution in [2.75, 3.05) is 13.2 Å². The number of hydrogen-bond acceptors (Lipinski definition) is 2. The van der Waals surface area contributed by atoms with Gasteiger partial charge in [-0.2, -0.15) is 0 Å². The van der Waals surface area contributed by atoms with E-state index in [-0.39, 0.29) is 6.61 Å². The first-order valence-corrected chi connectivity index (χ1v) is 6.34. The number of benzene rings is 1. The van der Waals surface area contributed by atoms with Gasteiger partial charge in [0.2, 0.25) is 0 Å². The summed E-state index contributed by atoms with van der Waals surface area (Å²) in [6.07, 6.45) is 0.761. The second kappa shape index (κ2) is 7.17. The molecular weight excluding hydrogens is 313 g/mol. The highest BCUT2D eigenvalue weighted by molar-refractivity contribution is 9.10. The zero-order chi connectivity index (χ0) is 12.0. The van der Waals surface area contributed by atoms with Gasteiger partial charge in [0.05, 0.1) is 5.03 Å². The van der Waals surface area contributed by atoms with E-state index in [1.165, 1.54) is 5.54 Å². The average Bonchev–Trinajstić information content (AvgIpc) is 2.28. The maximum atomic E-state index is 5.75. The minimum Gasteiger partial charge on any atom is -0.488 e. The molecule has 0 aromatic heterocycles. The summed E-state index contributed by atoms with van der Waals surface area (Å²) in [5.74, 6) is 0.783. The Balaban J connectivity index is 2.77. The molecule has 2 nitrogen and oxygen atoms in total. The van der Waals surface area contributed by atoms with Gasteiger partial charge in [-0.05, 0) is 36.7 Å². The van der Waals surface area contributed by atoms with Crippen molar-refractivity contribution >= 4 is 39.1 Å². The predicted molar refractivity (Wildman–Crippen MR) is 72.2 cm³/mol. The molecule has 1 aromatic carbocycles. The van der Waals surface area contributed by atoms with E-state index in [1.54, 1.807) is 0 Å². The van der Waals surface area contributed by atoms with Gasteiger partial charge in [-0.3, -0.25) is 0 Å². The van der Waals surface area contributed by atoms with Gasteiger partial charge in [0.25, 0.3) is 0 Å². The molecule has 2 N–H and O–H groups in total. The molecule has 0 heterocycles. The van der Waals surface area contributed by atoms with Gasteiger partial charge in [0.1, 0.15) is 12.4 Å². The molecule has 0 unspecified atom stereocenters. The van der Waals surface area contributed by atoms with Crippen molar-refractivity contribution in [2.24, 2.45) is 5.73 Å². The summed E-state index contributed by atoms with van der Waals surface area (Å²) in [6, 6.07) is 5.78. The van der Waals surface area contributed by atoms with E-state index in [9.17, 15) is 0 Å². The largest absolute Gasteiger partial charge is 0.488 e. The normalized spacial score (nSPS) is 11.6. The second-order valence-electron chi connectivity index (χ2n) is 3.14. The molecule has 88 valence electrons. The molecule has 0 bridgehead atoms. The number of rotatable bonds is 5. The molecule has 0 aliphatic rings. The Bertz CT molecular complexity index is 382. The fourth-order valence-corrected chi connectivity index (χ4v) is 1.74. The molecule has 1 aromatic rings. The lowest BCUT2D eigenvalue weighted by molar-refractivity contribution is 0.355. The Morgan fingerprint density at radius 2 is 2.25 bits per heavy atom. The number of nitrogens with two attached hydrogens (primary N) is 1. The van der Waals surface area contributed by atoms with E-state index in [1.807, 2.05) is 18.2 Å². The lowest BCUT2D eigenvalue weighted by Gasteiger charge is -2.10.